The molecule has 5 heteroatoms. The number of rotatable bonds is 5. The van der Waals surface area contributed by atoms with Crippen molar-refractivity contribution in [2.24, 2.45) is 5.73 Å². The van der Waals surface area contributed by atoms with Crippen LogP contribution in [-0.2, 0) is 9.53 Å². The molecular weight excluding hydrogens is 236 g/mol. The fourth-order valence-electron chi connectivity index (χ4n) is 2.41. The number of nitrogens with two attached hydrogens (primary N) is 1. The molecular formula is C12H22N2O2S. The highest BCUT2D eigenvalue weighted by Gasteiger charge is 2.34. The number of thiocarbonyl (C=S) groups is 1. The van der Waals surface area contributed by atoms with Gasteiger partial charge in [-0.25, -0.2) is 0 Å². The van der Waals surface area contributed by atoms with Crippen molar-refractivity contribution in [1.29, 1.82) is 0 Å². The number of carbonyl (C=O) groups excluding carboxylic acids is 1. The van der Waals surface area contributed by atoms with Crippen molar-refractivity contribution in [3.05, 3.63) is 0 Å². The number of ether oxygens (including phenoxy) is 1. The van der Waals surface area contributed by atoms with E-state index < -0.39 is 0 Å². The topological polar surface area (TPSA) is 55.6 Å². The molecule has 2 N–H and O–H groups in total. The summed E-state index contributed by atoms with van der Waals surface area (Å²) in [5.74, 6) is -0.154. The van der Waals surface area contributed by atoms with Crippen molar-refractivity contribution in [3.63, 3.8) is 0 Å². The van der Waals surface area contributed by atoms with E-state index in [1.165, 1.54) is 0 Å². The summed E-state index contributed by atoms with van der Waals surface area (Å²) in [7, 11) is 0. The molecule has 0 spiro atoms. The fraction of sp³-hybridized carbons (Fsp3) is 0.833. The van der Waals surface area contributed by atoms with E-state index in [0.717, 1.165) is 32.2 Å². The van der Waals surface area contributed by atoms with Gasteiger partial charge in [0.1, 0.15) is 6.04 Å². The van der Waals surface area contributed by atoms with Crippen molar-refractivity contribution in [1.82, 2.24) is 4.90 Å². The van der Waals surface area contributed by atoms with Crippen LogP contribution in [0.15, 0.2) is 0 Å². The number of hydrogen-bond donors (Lipinski definition) is 1. The standard InChI is InChI=1S/C12H22N2O2S/c1-3-9(12(15)16-4-2)14-8-6-5-7-10(14)11(13)17/h9-10H,3-8H2,1-2H3,(H2,13,17). The lowest BCUT2D eigenvalue weighted by molar-refractivity contribution is -0.150. The Hall–Kier alpha value is -0.680. The Balaban J connectivity index is 2.76. The molecule has 4 nitrogen and oxygen atoms in total. The quantitative estimate of drug-likeness (QED) is 0.598. The minimum atomic E-state index is -0.207. The summed E-state index contributed by atoms with van der Waals surface area (Å²) in [6, 6.07) is -0.158. The molecule has 1 fully saturated rings. The number of esters is 1. The van der Waals surface area contributed by atoms with E-state index in [4.69, 9.17) is 22.7 Å². The van der Waals surface area contributed by atoms with Crippen LogP contribution in [-0.4, -0.2) is 41.1 Å². The Bertz CT molecular complexity index is 284. The van der Waals surface area contributed by atoms with Crippen LogP contribution >= 0.6 is 12.2 Å². The minimum absolute atomic E-state index is 0.0492. The molecule has 0 radical (unpaired) electrons. The van der Waals surface area contributed by atoms with Crippen LogP contribution in [0.3, 0.4) is 0 Å². The van der Waals surface area contributed by atoms with Gasteiger partial charge in [-0.3, -0.25) is 9.69 Å². The van der Waals surface area contributed by atoms with Gasteiger partial charge in [0.25, 0.3) is 0 Å². The van der Waals surface area contributed by atoms with Crippen molar-refractivity contribution >= 4 is 23.2 Å². The van der Waals surface area contributed by atoms with Crippen molar-refractivity contribution < 1.29 is 9.53 Å². The fourth-order valence-corrected chi connectivity index (χ4v) is 2.66. The zero-order chi connectivity index (χ0) is 12.8. The molecule has 2 atom stereocenters. The third kappa shape index (κ3) is 3.64. The number of carbonyl (C=O) groups is 1. The van der Waals surface area contributed by atoms with Crippen LogP contribution in [0.25, 0.3) is 0 Å². The lowest BCUT2D eigenvalue weighted by Gasteiger charge is -2.39. The monoisotopic (exact) mass is 258 g/mol. The summed E-state index contributed by atoms with van der Waals surface area (Å²) >= 11 is 5.09. The number of nitrogens with zero attached hydrogens (tertiary/aromatic N) is 1. The van der Waals surface area contributed by atoms with Gasteiger partial charge in [-0.1, -0.05) is 25.6 Å². The predicted molar refractivity (Wildman–Crippen MR) is 71.8 cm³/mol. The third-order valence-corrected chi connectivity index (χ3v) is 3.49. The summed E-state index contributed by atoms with van der Waals surface area (Å²) in [5, 5.41) is 0. The Morgan fingerprint density at radius 3 is 2.76 bits per heavy atom. The van der Waals surface area contributed by atoms with Gasteiger partial charge < -0.3 is 10.5 Å². The molecule has 2 unspecified atom stereocenters. The van der Waals surface area contributed by atoms with E-state index >= 15 is 0 Å². The molecule has 1 saturated heterocycles. The second-order valence-electron chi connectivity index (χ2n) is 4.33. The molecule has 0 aromatic carbocycles. The largest absolute Gasteiger partial charge is 0.465 e. The summed E-state index contributed by atoms with van der Waals surface area (Å²) in [6.45, 7) is 5.11. The maximum absolute atomic E-state index is 11.9. The number of piperidine rings is 1. The van der Waals surface area contributed by atoms with Gasteiger partial charge in [0.2, 0.25) is 0 Å². The van der Waals surface area contributed by atoms with Crippen LogP contribution in [0.1, 0.15) is 39.5 Å². The van der Waals surface area contributed by atoms with Gasteiger partial charge in [-0.15, -0.1) is 0 Å². The summed E-state index contributed by atoms with van der Waals surface area (Å²) < 4.78 is 5.11. The second kappa shape index (κ2) is 6.91. The van der Waals surface area contributed by atoms with Gasteiger partial charge in [0.15, 0.2) is 0 Å². The maximum atomic E-state index is 11.9. The molecule has 0 aromatic heterocycles. The van der Waals surface area contributed by atoms with E-state index in [1.807, 2.05) is 13.8 Å². The molecule has 98 valence electrons. The van der Waals surface area contributed by atoms with Crippen LogP contribution in [0.4, 0.5) is 0 Å². The van der Waals surface area contributed by atoms with Gasteiger partial charge in [0.05, 0.1) is 17.6 Å². The van der Waals surface area contributed by atoms with Crippen LogP contribution in [0.2, 0.25) is 0 Å². The summed E-state index contributed by atoms with van der Waals surface area (Å²) in [6.07, 6.45) is 3.90. The molecule has 1 aliphatic heterocycles. The molecule has 0 bridgehead atoms. The molecule has 0 amide bonds. The Morgan fingerprint density at radius 1 is 1.53 bits per heavy atom. The van der Waals surface area contributed by atoms with Crippen LogP contribution < -0.4 is 5.73 Å². The maximum Gasteiger partial charge on any atom is 0.323 e. The van der Waals surface area contributed by atoms with Gasteiger partial charge in [-0.05, 0) is 32.7 Å². The van der Waals surface area contributed by atoms with E-state index in [9.17, 15) is 4.79 Å². The van der Waals surface area contributed by atoms with E-state index in [2.05, 4.69) is 4.90 Å². The highest BCUT2D eigenvalue weighted by Crippen LogP contribution is 2.22. The van der Waals surface area contributed by atoms with Gasteiger partial charge in [0, 0.05) is 0 Å². The molecule has 1 rings (SSSR count). The van der Waals surface area contributed by atoms with E-state index in [-0.39, 0.29) is 18.1 Å². The highest BCUT2D eigenvalue weighted by molar-refractivity contribution is 7.80. The zero-order valence-electron chi connectivity index (χ0n) is 10.6. The Kier molecular flexibility index (Phi) is 5.85. The number of likely N-dealkylation sites (tertiary alicyclic amines) is 1. The normalized spacial score (nSPS) is 23.1. The van der Waals surface area contributed by atoms with Crippen LogP contribution in [0, 0.1) is 0 Å². The lowest BCUT2D eigenvalue weighted by Crippen LogP contribution is -2.54. The molecule has 0 saturated carbocycles. The average molecular weight is 258 g/mol. The molecule has 1 aliphatic rings. The Morgan fingerprint density at radius 2 is 2.24 bits per heavy atom. The highest BCUT2D eigenvalue weighted by atomic mass is 32.1. The second-order valence-corrected chi connectivity index (χ2v) is 4.80. The molecule has 17 heavy (non-hydrogen) atoms. The first-order valence-electron chi connectivity index (χ1n) is 6.33. The van der Waals surface area contributed by atoms with Crippen LogP contribution in [0.5, 0.6) is 0 Å². The predicted octanol–water partition coefficient (Wildman–Crippen LogP) is 1.47. The Labute approximate surface area is 108 Å². The lowest BCUT2D eigenvalue weighted by atomic mass is 9.98. The van der Waals surface area contributed by atoms with Gasteiger partial charge >= 0.3 is 5.97 Å². The smallest absolute Gasteiger partial charge is 0.323 e. The van der Waals surface area contributed by atoms with E-state index in [1.54, 1.807) is 0 Å². The minimum Gasteiger partial charge on any atom is -0.465 e. The van der Waals surface area contributed by atoms with Crippen molar-refractivity contribution in [3.8, 4) is 0 Å². The first-order chi connectivity index (χ1) is 8.11. The first kappa shape index (κ1) is 14.4. The van der Waals surface area contributed by atoms with Gasteiger partial charge in [-0.2, -0.15) is 0 Å². The average Bonchev–Trinajstić information content (AvgIpc) is 2.31. The SMILES string of the molecule is CCOC(=O)C(CC)N1CCCCC1C(N)=S. The first-order valence-corrected chi connectivity index (χ1v) is 6.74. The number of hydrogen-bond acceptors (Lipinski definition) is 4. The molecule has 0 aromatic rings. The zero-order valence-corrected chi connectivity index (χ0v) is 11.5. The summed E-state index contributed by atoms with van der Waals surface area (Å²) in [5.41, 5.74) is 5.76. The van der Waals surface area contributed by atoms with Crippen molar-refractivity contribution in [2.75, 3.05) is 13.2 Å². The molecule has 0 aliphatic carbocycles. The molecule has 1 heterocycles. The van der Waals surface area contributed by atoms with Crippen molar-refractivity contribution in [2.45, 2.75) is 51.6 Å². The summed E-state index contributed by atoms with van der Waals surface area (Å²) in [4.78, 5) is 14.5. The van der Waals surface area contributed by atoms with E-state index in [0.29, 0.717) is 11.6 Å². The third-order valence-electron chi connectivity index (χ3n) is 3.22.